The molecule has 4 aromatic rings. The minimum atomic E-state index is -3.99. The summed E-state index contributed by atoms with van der Waals surface area (Å²) >= 11 is 7.11. The fourth-order valence-electron chi connectivity index (χ4n) is 3.14. The molecule has 0 aliphatic rings. The Bertz CT molecular complexity index is 1400. The Morgan fingerprint density at radius 1 is 0.912 bits per heavy atom. The number of hydrogen-bond donors (Lipinski definition) is 1. The molecule has 7 nitrogen and oxygen atoms in total. The second kappa shape index (κ2) is 9.92. The summed E-state index contributed by atoms with van der Waals surface area (Å²) in [4.78, 5) is 13.0. The SMILES string of the molecule is Cc1ccc(N(CC(=O)Nc2nnc(-c3ccc(Cl)cc3)s2)S(=O)(=O)c2ccc(C)cc2)cc1. The Kier molecular flexibility index (Phi) is 6.97. The number of aromatic nitrogens is 2. The van der Waals surface area contributed by atoms with E-state index in [9.17, 15) is 13.2 Å². The molecule has 0 spiro atoms. The van der Waals surface area contributed by atoms with Crippen LogP contribution in [0.4, 0.5) is 10.8 Å². The van der Waals surface area contributed by atoms with Crippen LogP contribution in [0.25, 0.3) is 10.6 Å². The van der Waals surface area contributed by atoms with Gasteiger partial charge in [0.1, 0.15) is 11.6 Å². The van der Waals surface area contributed by atoms with Crippen LogP contribution < -0.4 is 9.62 Å². The molecule has 174 valence electrons. The molecule has 1 amide bonds. The van der Waals surface area contributed by atoms with Crippen molar-refractivity contribution in [2.75, 3.05) is 16.2 Å². The number of nitrogens with zero attached hydrogens (tertiary/aromatic N) is 3. The van der Waals surface area contributed by atoms with Crippen molar-refractivity contribution in [2.24, 2.45) is 0 Å². The van der Waals surface area contributed by atoms with Crippen molar-refractivity contribution in [3.63, 3.8) is 0 Å². The number of nitrogens with one attached hydrogen (secondary N) is 1. The van der Waals surface area contributed by atoms with E-state index >= 15 is 0 Å². The Balaban J connectivity index is 1.58. The Labute approximate surface area is 207 Å². The molecule has 0 aliphatic carbocycles. The minimum absolute atomic E-state index is 0.104. The van der Waals surface area contributed by atoms with Crippen LogP contribution in [0.2, 0.25) is 5.02 Å². The van der Waals surface area contributed by atoms with Crippen molar-refractivity contribution in [1.82, 2.24) is 10.2 Å². The van der Waals surface area contributed by atoms with Crippen LogP contribution in [0.5, 0.6) is 0 Å². The first-order valence-electron chi connectivity index (χ1n) is 10.3. The molecular weight excluding hydrogens is 492 g/mol. The van der Waals surface area contributed by atoms with Gasteiger partial charge < -0.3 is 0 Å². The van der Waals surface area contributed by atoms with E-state index in [0.717, 1.165) is 21.0 Å². The van der Waals surface area contributed by atoms with Gasteiger partial charge in [-0.15, -0.1) is 10.2 Å². The molecule has 10 heteroatoms. The number of anilines is 2. The maximum absolute atomic E-state index is 13.4. The van der Waals surface area contributed by atoms with Crippen molar-refractivity contribution in [1.29, 1.82) is 0 Å². The molecule has 0 fully saturated rings. The number of rotatable bonds is 7. The van der Waals surface area contributed by atoms with E-state index < -0.39 is 22.5 Å². The third-order valence-electron chi connectivity index (χ3n) is 4.98. The van der Waals surface area contributed by atoms with Crippen molar-refractivity contribution < 1.29 is 13.2 Å². The summed E-state index contributed by atoms with van der Waals surface area (Å²) in [5, 5.41) is 12.3. The zero-order valence-corrected chi connectivity index (χ0v) is 20.8. The van der Waals surface area contributed by atoms with E-state index in [2.05, 4.69) is 15.5 Å². The first kappa shape index (κ1) is 23.9. The minimum Gasteiger partial charge on any atom is -0.299 e. The summed E-state index contributed by atoms with van der Waals surface area (Å²) in [6, 6.07) is 20.6. The number of benzene rings is 3. The molecule has 0 atom stereocenters. The number of carbonyl (C=O) groups is 1. The molecule has 1 N–H and O–H groups in total. The Hall–Kier alpha value is -3.27. The van der Waals surface area contributed by atoms with Crippen molar-refractivity contribution in [2.45, 2.75) is 18.7 Å². The van der Waals surface area contributed by atoms with Crippen molar-refractivity contribution in [3.8, 4) is 10.6 Å². The largest absolute Gasteiger partial charge is 0.299 e. The quantitative estimate of drug-likeness (QED) is 0.362. The van der Waals surface area contributed by atoms with Gasteiger partial charge >= 0.3 is 0 Å². The number of amides is 1. The second-order valence-corrected chi connectivity index (χ2v) is 10.9. The summed E-state index contributed by atoms with van der Waals surface area (Å²) in [7, 11) is -3.99. The summed E-state index contributed by atoms with van der Waals surface area (Å²) in [5.74, 6) is -0.532. The summed E-state index contributed by atoms with van der Waals surface area (Å²) in [6.45, 7) is 3.36. The van der Waals surface area contributed by atoms with Crippen LogP contribution >= 0.6 is 22.9 Å². The van der Waals surface area contributed by atoms with Crippen LogP contribution in [0, 0.1) is 13.8 Å². The van der Waals surface area contributed by atoms with Crippen molar-refractivity contribution >= 4 is 49.7 Å². The van der Waals surface area contributed by atoms with Crippen LogP contribution in [-0.2, 0) is 14.8 Å². The first-order chi connectivity index (χ1) is 16.2. The molecule has 34 heavy (non-hydrogen) atoms. The van der Waals surface area contributed by atoms with Gasteiger partial charge in [-0.2, -0.15) is 0 Å². The van der Waals surface area contributed by atoms with Gasteiger partial charge in [-0.05, 0) is 50.2 Å². The number of hydrogen-bond acceptors (Lipinski definition) is 6. The highest BCUT2D eigenvalue weighted by molar-refractivity contribution is 7.92. The van der Waals surface area contributed by atoms with Gasteiger partial charge in [0.2, 0.25) is 11.0 Å². The van der Waals surface area contributed by atoms with Gasteiger partial charge in [-0.25, -0.2) is 8.42 Å². The molecule has 3 aromatic carbocycles. The zero-order valence-electron chi connectivity index (χ0n) is 18.4. The highest BCUT2D eigenvalue weighted by Crippen LogP contribution is 2.28. The topological polar surface area (TPSA) is 92.3 Å². The molecule has 0 bridgehead atoms. The molecule has 1 aromatic heterocycles. The third-order valence-corrected chi connectivity index (χ3v) is 7.91. The van der Waals surface area contributed by atoms with E-state index in [1.54, 1.807) is 48.5 Å². The van der Waals surface area contributed by atoms with Gasteiger partial charge in [0.05, 0.1) is 10.6 Å². The Morgan fingerprint density at radius 2 is 1.50 bits per heavy atom. The lowest BCUT2D eigenvalue weighted by atomic mass is 10.2. The Morgan fingerprint density at radius 3 is 2.12 bits per heavy atom. The maximum Gasteiger partial charge on any atom is 0.264 e. The molecule has 1 heterocycles. The lowest BCUT2D eigenvalue weighted by Gasteiger charge is -2.24. The predicted octanol–water partition coefficient (Wildman–Crippen LogP) is 5.31. The average Bonchev–Trinajstić information content (AvgIpc) is 3.27. The number of halogens is 1. The monoisotopic (exact) mass is 512 g/mol. The van der Waals surface area contributed by atoms with E-state index in [1.165, 1.54) is 23.5 Å². The molecule has 0 unspecified atom stereocenters. The van der Waals surface area contributed by atoms with E-state index in [1.807, 2.05) is 26.0 Å². The summed E-state index contributed by atoms with van der Waals surface area (Å²) in [5.41, 5.74) is 3.11. The van der Waals surface area contributed by atoms with E-state index in [0.29, 0.717) is 15.7 Å². The molecule has 4 rings (SSSR count). The highest BCUT2D eigenvalue weighted by atomic mass is 35.5. The highest BCUT2D eigenvalue weighted by Gasteiger charge is 2.27. The molecule has 0 radical (unpaired) electrons. The average molecular weight is 513 g/mol. The number of aryl methyl sites for hydroxylation is 2. The van der Waals surface area contributed by atoms with Gasteiger partial charge in [0.15, 0.2) is 0 Å². The number of sulfonamides is 1. The van der Waals surface area contributed by atoms with Crippen LogP contribution in [0.1, 0.15) is 11.1 Å². The predicted molar refractivity (Wildman–Crippen MR) is 136 cm³/mol. The fourth-order valence-corrected chi connectivity index (χ4v) is 5.45. The molecule has 0 saturated carbocycles. The van der Waals surface area contributed by atoms with Gasteiger partial charge in [0, 0.05) is 10.6 Å². The first-order valence-corrected chi connectivity index (χ1v) is 12.9. The lowest BCUT2D eigenvalue weighted by molar-refractivity contribution is -0.114. The smallest absolute Gasteiger partial charge is 0.264 e. The second-order valence-electron chi connectivity index (χ2n) is 7.63. The van der Waals surface area contributed by atoms with E-state index in [4.69, 9.17) is 11.6 Å². The van der Waals surface area contributed by atoms with Crippen LogP contribution in [0.15, 0.2) is 77.7 Å². The van der Waals surface area contributed by atoms with Crippen LogP contribution in [0.3, 0.4) is 0 Å². The third kappa shape index (κ3) is 5.44. The van der Waals surface area contributed by atoms with E-state index in [-0.39, 0.29) is 10.0 Å². The van der Waals surface area contributed by atoms with Gasteiger partial charge in [0.25, 0.3) is 10.0 Å². The molecule has 0 saturated heterocycles. The molecular formula is C24H21ClN4O3S2. The number of carbonyl (C=O) groups excluding carboxylic acids is 1. The zero-order chi connectivity index (χ0) is 24.3. The van der Waals surface area contributed by atoms with Gasteiger partial charge in [-0.1, -0.05) is 70.5 Å². The maximum atomic E-state index is 13.4. The van der Waals surface area contributed by atoms with Gasteiger partial charge in [-0.3, -0.25) is 14.4 Å². The normalized spacial score (nSPS) is 11.3. The summed E-state index contributed by atoms with van der Waals surface area (Å²) < 4.78 is 28.0. The lowest BCUT2D eigenvalue weighted by Crippen LogP contribution is -2.38. The standard InChI is InChI=1S/C24H21ClN4O3S2/c1-16-3-11-20(12-4-16)29(34(31,32)21-13-5-17(2)6-14-21)15-22(30)26-24-28-27-23(33-24)18-7-9-19(25)10-8-18/h3-14H,15H2,1-2H3,(H,26,28,30). The van der Waals surface area contributed by atoms with Crippen LogP contribution in [-0.4, -0.2) is 31.1 Å². The fraction of sp³-hybridized carbons (Fsp3) is 0.125. The summed E-state index contributed by atoms with van der Waals surface area (Å²) in [6.07, 6.45) is 0. The molecule has 0 aliphatic heterocycles. The van der Waals surface area contributed by atoms with Crippen molar-refractivity contribution in [3.05, 3.63) is 88.9 Å².